The number of carbonyl (C=O) groups is 1. The highest BCUT2D eigenvalue weighted by atomic mass is 79.9. The van der Waals surface area contributed by atoms with E-state index in [1.807, 2.05) is 0 Å². The van der Waals surface area contributed by atoms with Gasteiger partial charge in [0, 0.05) is 29.6 Å². The van der Waals surface area contributed by atoms with Crippen molar-refractivity contribution in [1.29, 1.82) is 0 Å². The average Bonchev–Trinajstić information content (AvgIpc) is 2.90. The van der Waals surface area contributed by atoms with Gasteiger partial charge in [-0.1, -0.05) is 15.9 Å². The SMILES string of the molecule is O=C(CCC1CCCO1)NCc1cc(Br)ccc1F. The minimum atomic E-state index is -0.303. The Hall–Kier alpha value is -0.940. The van der Waals surface area contributed by atoms with Crippen LogP contribution in [0.2, 0.25) is 0 Å². The second kappa shape index (κ2) is 7.01. The van der Waals surface area contributed by atoms with Crippen LogP contribution in [-0.4, -0.2) is 18.6 Å². The Morgan fingerprint density at radius 2 is 2.37 bits per heavy atom. The van der Waals surface area contributed by atoms with Gasteiger partial charge >= 0.3 is 0 Å². The van der Waals surface area contributed by atoms with E-state index in [0.29, 0.717) is 12.0 Å². The molecule has 1 aromatic carbocycles. The van der Waals surface area contributed by atoms with E-state index in [1.54, 1.807) is 12.1 Å². The van der Waals surface area contributed by atoms with Crippen molar-refractivity contribution < 1.29 is 13.9 Å². The number of hydrogen-bond donors (Lipinski definition) is 1. The summed E-state index contributed by atoms with van der Waals surface area (Å²) in [6.45, 7) is 1.02. The molecule has 0 bridgehead atoms. The van der Waals surface area contributed by atoms with Gasteiger partial charge in [0.25, 0.3) is 0 Å². The van der Waals surface area contributed by atoms with Crippen molar-refractivity contribution in [1.82, 2.24) is 5.32 Å². The van der Waals surface area contributed by atoms with Crippen LogP contribution in [0.1, 0.15) is 31.2 Å². The zero-order valence-corrected chi connectivity index (χ0v) is 12.2. The molecule has 0 spiro atoms. The summed E-state index contributed by atoms with van der Waals surface area (Å²) in [6, 6.07) is 4.70. The average molecular weight is 330 g/mol. The van der Waals surface area contributed by atoms with Crippen molar-refractivity contribution in [2.24, 2.45) is 0 Å². The highest BCUT2D eigenvalue weighted by molar-refractivity contribution is 9.10. The van der Waals surface area contributed by atoms with Crippen LogP contribution >= 0.6 is 15.9 Å². The van der Waals surface area contributed by atoms with Gasteiger partial charge in [-0.25, -0.2) is 4.39 Å². The molecule has 104 valence electrons. The molecule has 1 heterocycles. The summed E-state index contributed by atoms with van der Waals surface area (Å²) in [6.07, 6.45) is 3.50. The number of halogens is 2. The lowest BCUT2D eigenvalue weighted by Gasteiger charge is -2.10. The molecular weight excluding hydrogens is 313 g/mol. The topological polar surface area (TPSA) is 38.3 Å². The van der Waals surface area contributed by atoms with Crippen LogP contribution in [0.4, 0.5) is 4.39 Å². The molecule has 1 saturated heterocycles. The summed E-state index contributed by atoms with van der Waals surface area (Å²) in [5.41, 5.74) is 0.486. The third kappa shape index (κ3) is 4.58. The number of carbonyl (C=O) groups excluding carboxylic acids is 1. The normalized spacial score (nSPS) is 18.5. The van der Waals surface area contributed by atoms with Gasteiger partial charge in [-0.3, -0.25) is 4.79 Å². The smallest absolute Gasteiger partial charge is 0.220 e. The predicted molar refractivity (Wildman–Crippen MR) is 74.2 cm³/mol. The van der Waals surface area contributed by atoms with E-state index in [1.165, 1.54) is 6.07 Å². The summed E-state index contributed by atoms with van der Waals surface area (Å²) in [5.74, 6) is -0.363. The minimum Gasteiger partial charge on any atom is -0.378 e. The number of ether oxygens (including phenoxy) is 1. The van der Waals surface area contributed by atoms with Crippen molar-refractivity contribution in [3.05, 3.63) is 34.1 Å². The number of benzene rings is 1. The molecule has 1 aliphatic heterocycles. The van der Waals surface area contributed by atoms with E-state index < -0.39 is 0 Å². The minimum absolute atomic E-state index is 0.0603. The number of hydrogen-bond acceptors (Lipinski definition) is 2. The van der Waals surface area contributed by atoms with Crippen LogP contribution in [0.15, 0.2) is 22.7 Å². The lowest BCUT2D eigenvalue weighted by atomic mass is 10.1. The Kier molecular flexibility index (Phi) is 5.34. The van der Waals surface area contributed by atoms with E-state index in [9.17, 15) is 9.18 Å². The van der Waals surface area contributed by atoms with Crippen LogP contribution < -0.4 is 5.32 Å². The van der Waals surface area contributed by atoms with Crippen molar-refractivity contribution in [3.63, 3.8) is 0 Å². The molecule has 0 aliphatic carbocycles. The van der Waals surface area contributed by atoms with Crippen LogP contribution in [0, 0.1) is 5.82 Å². The fourth-order valence-corrected chi connectivity index (χ4v) is 2.53. The molecule has 1 amide bonds. The van der Waals surface area contributed by atoms with E-state index in [2.05, 4.69) is 21.2 Å². The molecule has 1 aromatic rings. The lowest BCUT2D eigenvalue weighted by Crippen LogP contribution is -2.24. The summed E-state index contributed by atoms with van der Waals surface area (Å²) in [5, 5.41) is 2.74. The Morgan fingerprint density at radius 1 is 1.53 bits per heavy atom. The van der Waals surface area contributed by atoms with Crippen molar-refractivity contribution in [3.8, 4) is 0 Å². The Balaban J connectivity index is 1.74. The zero-order valence-electron chi connectivity index (χ0n) is 10.6. The van der Waals surface area contributed by atoms with Crippen molar-refractivity contribution in [2.45, 2.75) is 38.3 Å². The molecule has 0 radical (unpaired) electrons. The first-order valence-corrected chi connectivity index (χ1v) is 7.26. The zero-order chi connectivity index (χ0) is 13.7. The van der Waals surface area contributed by atoms with Gasteiger partial charge in [-0.05, 0) is 37.5 Å². The molecule has 0 aromatic heterocycles. The fraction of sp³-hybridized carbons (Fsp3) is 0.500. The van der Waals surface area contributed by atoms with E-state index in [-0.39, 0.29) is 24.4 Å². The van der Waals surface area contributed by atoms with Crippen LogP contribution in [0.3, 0.4) is 0 Å². The molecule has 0 saturated carbocycles. The van der Waals surface area contributed by atoms with Gasteiger partial charge in [0.05, 0.1) is 6.10 Å². The van der Waals surface area contributed by atoms with Gasteiger partial charge < -0.3 is 10.1 Å². The molecule has 3 nitrogen and oxygen atoms in total. The first kappa shape index (κ1) is 14.5. The van der Waals surface area contributed by atoms with Crippen molar-refractivity contribution in [2.75, 3.05) is 6.61 Å². The van der Waals surface area contributed by atoms with Crippen LogP contribution in [-0.2, 0) is 16.1 Å². The van der Waals surface area contributed by atoms with Crippen molar-refractivity contribution >= 4 is 21.8 Å². The van der Waals surface area contributed by atoms with Gasteiger partial charge in [0.15, 0.2) is 0 Å². The maximum Gasteiger partial charge on any atom is 0.220 e. The second-order valence-corrected chi connectivity index (χ2v) is 5.60. The van der Waals surface area contributed by atoms with Gasteiger partial charge in [-0.2, -0.15) is 0 Å². The Labute approximate surface area is 120 Å². The monoisotopic (exact) mass is 329 g/mol. The van der Waals surface area contributed by atoms with Gasteiger partial charge in [-0.15, -0.1) is 0 Å². The fourth-order valence-electron chi connectivity index (χ4n) is 2.13. The summed E-state index contributed by atoms with van der Waals surface area (Å²) in [7, 11) is 0. The predicted octanol–water partition coefficient (Wildman–Crippen LogP) is 3.16. The molecule has 1 N–H and O–H groups in total. The maximum absolute atomic E-state index is 13.5. The molecule has 19 heavy (non-hydrogen) atoms. The second-order valence-electron chi connectivity index (χ2n) is 4.69. The molecular formula is C14H17BrFNO2. The maximum atomic E-state index is 13.5. The molecule has 1 fully saturated rings. The standard InChI is InChI=1S/C14H17BrFNO2/c15-11-3-5-13(16)10(8-11)9-17-14(18)6-4-12-2-1-7-19-12/h3,5,8,12H,1-2,4,6-7,9H2,(H,17,18). The molecule has 5 heteroatoms. The van der Waals surface area contributed by atoms with Gasteiger partial charge in [0.1, 0.15) is 5.82 Å². The number of nitrogens with one attached hydrogen (secondary N) is 1. The highest BCUT2D eigenvalue weighted by Gasteiger charge is 2.16. The third-order valence-electron chi connectivity index (χ3n) is 3.20. The van der Waals surface area contributed by atoms with Gasteiger partial charge in [0.2, 0.25) is 5.91 Å². The van der Waals surface area contributed by atoms with E-state index in [0.717, 1.165) is 30.3 Å². The summed E-state index contributed by atoms with van der Waals surface area (Å²) < 4.78 is 19.7. The highest BCUT2D eigenvalue weighted by Crippen LogP contribution is 2.17. The number of rotatable bonds is 5. The largest absolute Gasteiger partial charge is 0.378 e. The quantitative estimate of drug-likeness (QED) is 0.901. The Morgan fingerprint density at radius 3 is 3.11 bits per heavy atom. The number of amides is 1. The lowest BCUT2D eigenvalue weighted by molar-refractivity contribution is -0.121. The first-order chi connectivity index (χ1) is 9.15. The molecule has 1 unspecified atom stereocenters. The van der Waals surface area contributed by atoms with Crippen LogP contribution in [0.5, 0.6) is 0 Å². The molecule has 2 rings (SSSR count). The Bertz CT molecular complexity index is 447. The molecule has 1 aliphatic rings. The summed E-state index contributed by atoms with van der Waals surface area (Å²) >= 11 is 3.28. The van der Waals surface area contributed by atoms with Crippen LogP contribution in [0.25, 0.3) is 0 Å². The third-order valence-corrected chi connectivity index (χ3v) is 3.69. The first-order valence-electron chi connectivity index (χ1n) is 6.47. The van der Waals surface area contributed by atoms with E-state index in [4.69, 9.17) is 4.74 Å². The van der Waals surface area contributed by atoms with E-state index >= 15 is 0 Å². The summed E-state index contributed by atoms with van der Waals surface area (Å²) in [4.78, 5) is 11.7. The molecule has 1 atom stereocenters.